The van der Waals surface area contributed by atoms with Crippen molar-refractivity contribution in [3.63, 3.8) is 0 Å². The molecule has 1 saturated heterocycles. The SMILES string of the molecule is Cc1noc(C2CCN(C(C(=O)O)c3cccc(Cl)c3)CC2)n1. The highest BCUT2D eigenvalue weighted by Crippen LogP contribution is 2.32. The summed E-state index contributed by atoms with van der Waals surface area (Å²) in [6.07, 6.45) is 1.60. The van der Waals surface area contributed by atoms with Crippen LogP contribution in [0.2, 0.25) is 5.02 Å². The van der Waals surface area contributed by atoms with Gasteiger partial charge in [-0.15, -0.1) is 0 Å². The smallest absolute Gasteiger partial charge is 0.325 e. The molecule has 0 aliphatic carbocycles. The van der Waals surface area contributed by atoms with Gasteiger partial charge >= 0.3 is 5.97 Å². The van der Waals surface area contributed by atoms with Gasteiger partial charge in [0.25, 0.3) is 0 Å². The molecule has 7 heteroatoms. The summed E-state index contributed by atoms with van der Waals surface area (Å²) in [5.41, 5.74) is 0.706. The maximum absolute atomic E-state index is 11.7. The van der Waals surface area contributed by atoms with E-state index in [-0.39, 0.29) is 5.92 Å². The van der Waals surface area contributed by atoms with Gasteiger partial charge in [-0.25, -0.2) is 0 Å². The van der Waals surface area contributed by atoms with Crippen LogP contribution in [0.4, 0.5) is 0 Å². The number of piperidine rings is 1. The number of halogens is 1. The fourth-order valence-corrected chi connectivity index (χ4v) is 3.27. The van der Waals surface area contributed by atoms with Crippen LogP contribution < -0.4 is 0 Å². The van der Waals surface area contributed by atoms with E-state index in [0.717, 1.165) is 12.8 Å². The number of aliphatic carboxylic acids is 1. The minimum Gasteiger partial charge on any atom is -0.480 e. The summed E-state index contributed by atoms with van der Waals surface area (Å²) in [4.78, 5) is 18.0. The van der Waals surface area contributed by atoms with E-state index >= 15 is 0 Å². The zero-order chi connectivity index (χ0) is 16.4. The molecule has 122 valence electrons. The van der Waals surface area contributed by atoms with Crippen LogP contribution in [-0.2, 0) is 4.79 Å². The largest absolute Gasteiger partial charge is 0.480 e. The summed E-state index contributed by atoms with van der Waals surface area (Å²) in [6, 6.07) is 6.36. The summed E-state index contributed by atoms with van der Waals surface area (Å²) in [5.74, 6) is 0.613. The quantitative estimate of drug-likeness (QED) is 0.925. The molecule has 0 bridgehead atoms. The van der Waals surface area contributed by atoms with Crippen molar-refractivity contribution in [3.8, 4) is 0 Å². The molecule has 0 radical (unpaired) electrons. The van der Waals surface area contributed by atoms with Gasteiger partial charge in [-0.2, -0.15) is 4.98 Å². The highest BCUT2D eigenvalue weighted by molar-refractivity contribution is 6.30. The zero-order valence-electron chi connectivity index (χ0n) is 12.8. The van der Waals surface area contributed by atoms with Gasteiger partial charge in [0.2, 0.25) is 5.89 Å². The van der Waals surface area contributed by atoms with E-state index in [1.54, 1.807) is 31.2 Å². The van der Waals surface area contributed by atoms with Gasteiger partial charge in [0.1, 0.15) is 6.04 Å². The Hall–Kier alpha value is -1.92. The van der Waals surface area contributed by atoms with Crippen molar-refractivity contribution in [2.45, 2.75) is 31.7 Å². The number of carbonyl (C=O) groups is 1. The topological polar surface area (TPSA) is 79.5 Å². The van der Waals surface area contributed by atoms with Crippen LogP contribution in [-0.4, -0.2) is 39.2 Å². The molecule has 3 rings (SSSR count). The number of rotatable bonds is 4. The van der Waals surface area contributed by atoms with E-state index in [2.05, 4.69) is 10.1 Å². The lowest BCUT2D eigenvalue weighted by Crippen LogP contribution is -2.39. The summed E-state index contributed by atoms with van der Waals surface area (Å²) in [6.45, 7) is 3.12. The van der Waals surface area contributed by atoms with E-state index in [1.165, 1.54) is 0 Å². The number of carboxylic acids is 1. The Morgan fingerprint density at radius 3 is 2.74 bits per heavy atom. The van der Waals surface area contributed by atoms with Gasteiger partial charge < -0.3 is 9.63 Å². The monoisotopic (exact) mass is 335 g/mol. The van der Waals surface area contributed by atoms with Crippen LogP contribution in [0, 0.1) is 6.92 Å². The fraction of sp³-hybridized carbons (Fsp3) is 0.438. The lowest BCUT2D eigenvalue weighted by molar-refractivity contribution is -0.144. The zero-order valence-corrected chi connectivity index (χ0v) is 13.5. The summed E-state index contributed by atoms with van der Waals surface area (Å²) in [7, 11) is 0. The third kappa shape index (κ3) is 3.54. The second-order valence-corrected chi connectivity index (χ2v) is 6.22. The lowest BCUT2D eigenvalue weighted by atomic mass is 9.94. The first-order valence-corrected chi connectivity index (χ1v) is 7.95. The van der Waals surface area contributed by atoms with Crippen molar-refractivity contribution >= 4 is 17.6 Å². The van der Waals surface area contributed by atoms with Gasteiger partial charge in [-0.1, -0.05) is 28.9 Å². The van der Waals surface area contributed by atoms with E-state index < -0.39 is 12.0 Å². The molecule has 2 aromatic rings. The fourth-order valence-electron chi connectivity index (χ4n) is 3.07. The third-order valence-corrected chi connectivity index (χ3v) is 4.42. The Labute approximate surface area is 139 Å². The molecule has 1 aliphatic rings. The second kappa shape index (κ2) is 6.68. The minimum atomic E-state index is -0.862. The third-order valence-electron chi connectivity index (χ3n) is 4.19. The van der Waals surface area contributed by atoms with Crippen molar-refractivity contribution < 1.29 is 14.4 Å². The Balaban J connectivity index is 1.72. The second-order valence-electron chi connectivity index (χ2n) is 5.79. The van der Waals surface area contributed by atoms with Crippen molar-refractivity contribution in [3.05, 3.63) is 46.6 Å². The Kier molecular flexibility index (Phi) is 4.63. The molecule has 1 aliphatic heterocycles. The van der Waals surface area contributed by atoms with Crippen LogP contribution >= 0.6 is 11.6 Å². The Bertz CT molecular complexity index is 695. The maximum Gasteiger partial charge on any atom is 0.325 e. The lowest BCUT2D eigenvalue weighted by Gasteiger charge is -2.34. The molecule has 1 atom stereocenters. The first-order valence-electron chi connectivity index (χ1n) is 7.57. The summed E-state index contributed by atoms with van der Waals surface area (Å²) >= 11 is 6.00. The standard InChI is InChI=1S/C16H18ClN3O3/c1-10-18-15(23-19-10)11-5-7-20(8-6-11)14(16(21)22)12-3-2-4-13(17)9-12/h2-4,9,11,14H,5-8H2,1H3,(H,21,22). The van der Waals surface area contributed by atoms with Crippen LogP contribution in [0.5, 0.6) is 0 Å². The van der Waals surface area contributed by atoms with Crippen molar-refractivity contribution in [1.82, 2.24) is 15.0 Å². The van der Waals surface area contributed by atoms with Gasteiger partial charge in [0.05, 0.1) is 0 Å². The number of aryl methyl sites for hydroxylation is 1. The molecule has 1 aromatic heterocycles. The number of aromatic nitrogens is 2. The first kappa shape index (κ1) is 16.0. The normalized spacial score (nSPS) is 18.0. The Morgan fingerprint density at radius 2 is 2.17 bits per heavy atom. The predicted molar refractivity (Wildman–Crippen MR) is 84.4 cm³/mol. The maximum atomic E-state index is 11.7. The summed E-state index contributed by atoms with van der Waals surface area (Å²) in [5, 5.41) is 14.0. The van der Waals surface area contributed by atoms with Crippen LogP contribution in [0.15, 0.2) is 28.8 Å². The van der Waals surface area contributed by atoms with Gasteiger partial charge in [0, 0.05) is 24.0 Å². The Morgan fingerprint density at radius 1 is 1.43 bits per heavy atom. The highest BCUT2D eigenvalue weighted by atomic mass is 35.5. The van der Waals surface area contributed by atoms with Crippen molar-refractivity contribution in [2.24, 2.45) is 0 Å². The van der Waals surface area contributed by atoms with Crippen molar-refractivity contribution in [1.29, 1.82) is 0 Å². The van der Waals surface area contributed by atoms with Gasteiger partial charge in [-0.3, -0.25) is 9.69 Å². The molecule has 1 unspecified atom stereocenters. The average molecular weight is 336 g/mol. The highest BCUT2D eigenvalue weighted by Gasteiger charge is 2.33. The molecule has 1 N–H and O–H groups in total. The van der Waals surface area contributed by atoms with Gasteiger partial charge in [-0.05, 0) is 37.5 Å². The molecular formula is C16H18ClN3O3. The van der Waals surface area contributed by atoms with Crippen LogP contribution in [0.25, 0.3) is 0 Å². The molecule has 2 heterocycles. The van der Waals surface area contributed by atoms with Crippen molar-refractivity contribution in [2.75, 3.05) is 13.1 Å². The number of nitrogens with zero attached hydrogens (tertiary/aromatic N) is 3. The van der Waals surface area contributed by atoms with Crippen LogP contribution in [0.1, 0.15) is 42.1 Å². The molecule has 0 amide bonds. The number of hydrogen-bond acceptors (Lipinski definition) is 5. The summed E-state index contributed by atoms with van der Waals surface area (Å²) < 4.78 is 5.23. The number of benzene rings is 1. The number of hydrogen-bond donors (Lipinski definition) is 1. The minimum absolute atomic E-state index is 0.196. The van der Waals surface area contributed by atoms with E-state index in [9.17, 15) is 9.90 Å². The first-order chi connectivity index (χ1) is 11.0. The molecule has 1 fully saturated rings. The average Bonchev–Trinajstić information content (AvgIpc) is 2.94. The van der Waals surface area contributed by atoms with E-state index in [4.69, 9.17) is 16.1 Å². The number of carboxylic acid groups (broad SMARTS) is 1. The van der Waals surface area contributed by atoms with E-state index in [0.29, 0.717) is 35.4 Å². The molecule has 0 saturated carbocycles. The van der Waals surface area contributed by atoms with Crippen LogP contribution in [0.3, 0.4) is 0 Å². The molecular weight excluding hydrogens is 318 g/mol. The molecule has 6 nitrogen and oxygen atoms in total. The van der Waals surface area contributed by atoms with E-state index in [1.807, 2.05) is 4.90 Å². The molecule has 0 spiro atoms. The number of likely N-dealkylation sites (tertiary alicyclic amines) is 1. The molecule has 23 heavy (non-hydrogen) atoms. The predicted octanol–water partition coefficient (Wildman–Crippen LogP) is 3.04. The van der Waals surface area contributed by atoms with Gasteiger partial charge in [0.15, 0.2) is 5.82 Å². The molecule has 1 aromatic carbocycles.